The Hall–Kier alpha value is -1.31. The fourth-order valence-corrected chi connectivity index (χ4v) is 3.82. The van der Waals surface area contributed by atoms with Gasteiger partial charge in [-0.25, -0.2) is 0 Å². The average molecular weight is 375 g/mol. The number of carbonyl (C=O) groups excluding carboxylic acids is 1. The fourth-order valence-electron chi connectivity index (χ4n) is 3.82. The van der Waals surface area contributed by atoms with Gasteiger partial charge >= 0.3 is 5.97 Å². The Kier molecular flexibility index (Phi) is 12.9. The van der Waals surface area contributed by atoms with Crippen LogP contribution in [-0.2, 0) is 16.1 Å². The lowest BCUT2D eigenvalue weighted by Crippen LogP contribution is -2.31. The zero-order valence-electron chi connectivity index (χ0n) is 18.1. The molecule has 0 saturated heterocycles. The van der Waals surface area contributed by atoms with Crippen LogP contribution in [0.1, 0.15) is 110 Å². The molecule has 0 fully saturated rings. The van der Waals surface area contributed by atoms with E-state index in [4.69, 9.17) is 4.74 Å². The summed E-state index contributed by atoms with van der Waals surface area (Å²) in [6.45, 7) is 6.91. The van der Waals surface area contributed by atoms with Gasteiger partial charge in [0, 0.05) is 0 Å². The zero-order chi connectivity index (χ0) is 19.8. The van der Waals surface area contributed by atoms with E-state index in [0.29, 0.717) is 6.61 Å². The minimum atomic E-state index is -0.297. The maximum Gasteiger partial charge on any atom is 0.312 e. The third-order valence-electron chi connectivity index (χ3n) is 6.01. The van der Waals surface area contributed by atoms with Gasteiger partial charge in [-0.3, -0.25) is 4.79 Å². The number of benzene rings is 1. The first-order valence-corrected chi connectivity index (χ1v) is 11.4. The van der Waals surface area contributed by atoms with Crippen molar-refractivity contribution >= 4 is 5.97 Å². The molecule has 0 N–H and O–H groups in total. The lowest BCUT2D eigenvalue weighted by Gasteiger charge is -2.29. The molecule has 0 unspecified atom stereocenters. The monoisotopic (exact) mass is 374 g/mol. The normalized spacial score (nSPS) is 11.5. The Bertz CT molecular complexity index is 476. The van der Waals surface area contributed by atoms with E-state index in [1.165, 1.54) is 57.8 Å². The maximum absolute atomic E-state index is 12.8. The number of ether oxygens (including phenoxy) is 1. The van der Waals surface area contributed by atoms with Crippen LogP contribution < -0.4 is 0 Å². The molecule has 1 aromatic carbocycles. The van der Waals surface area contributed by atoms with Gasteiger partial charge in [0.25, 0.3) is 0 Å². The van der Waals surface area contributed by atoms with Crippen molar-refractivity contribution in [3.63, 3.8) is 0 Å². The summed E-state index contributed by atoms with van der Waals surface area (Å²) < 4.78 is 5.68. The summed E-state index contributed by atoms with van der Waals surface area (Å²) in [5, 5.41) is 0. The lowest BCUT2D eigenvalue weighted by molar-refractivity contribution is -0.158. The first kappa shape index (κ1) is 23.7. The van der Waals surface area contributed by atoms with E-state index in [1.807, 2.05) is 30.3 Å². The van der Waals surface area contributed by atoms with E-state index in [9.17, 15) is 4.79 Å². The van der Waals surface area contributed by atoms with Gasteiger partial charge in [-0.1, -0.05) is 115 Å². The Morgan fingerprint density at radius 3 is 1.81 bits per heavy atom. The molecule has 0 saturated carbocycles. The van der Waals surface area contributed by atoms with Crippen molar-refractivity contribution in [2.45, 2.75) is 111 Å². The van der Waals surface area contributed by atoms with Gasteiger partial charge in [0.15, 0.2) is 0 Å². The Morgan fingerprint density at radius 2 is 1.30 bits per heavy atom. The number of hydrogen-bond acceptors (Lipinski definition) is 2. The van der Waals surface area contributed by atoms with Gasteiger partial charge in [-0.15, -0.1) is 0 Å². The number of esters is 1. The summed E-state index contributed by atoms with van der Waals surface area (Å²) in [5.74, 6) is -0.00715. The largest absolute Gasteiger partial charge is 0.460 e. The molecule has 2 heteroatoms. The summed E-state index contributed by atoms with van der Waals surface area (Å²) in [6, 6.07) is 9.98. The highest BCUT2D eigenvalue weighted by molar-refractivity contribution is 5.76. The van der Waals surface area contributed by atoms with Gasteiger partial charge < -0.3 is 4.74 Å². The van der Waals surface area contributed by atoms with Crippen LogP contribution in [0.25, 0.3) is 0 Å². The van der Waals surface area contributed by atoms with Crippen molar-refractivity contribution in [2.75, 3.05) is 0 Å². The molecular formula is C25H42O2. The van der Waals surface area contributed by atoms with Crippen LogP contribution in [0.3, 0.4) is 0 Å². The molecule has 0 heterocycles. The van der Waals surface area contributed by atoms with Gasteiger partial charge in [0.2, 0.25) is 0 Å². The Balaban J connectivity index is 2.25. The maximum atomic E-state index is 12.8. The quantitative estimate of drug-likeness (QED) is 0.217. The molecule has 1 aromatic rings. The van der Waals surface area contributed by atoms with Crippen LogP contribution in [0.4, 0.5) is 0 Å². The first-order valence-electron chi connectivity index (χ1n) is 11.4. The molecule has 0 aliphatic carbocycles. The molecule has 0 radical (unpaired) electrons. The van der Waals surface area contributed by atoms with Crippen LogP contribution >= 0.6 is 0 Å². The average Bonchev–Trinajstić information content (AvgIpc) is 2.71. The predicted molar refractivity (Wildman–Crippen MR) is 116 cm³/mol. The standard InChI is InChI=1S/C25H42O2/c1-4-7-8-9-10-11-12-13-14-18-21-25(5-2,6-3)24(26)27-22-23-19-16-15-17-20-23/h15-17,19-20H,4-14,18,21-22H2,1-3H3. The van der Waals surface area contributed by atoms with E-state index < -0.39 is 0 Å². The first-order chi connectivity index (χ1) is 13.2. The molecular weight excluding hydrogens is 332 g/mol. The van der Waals surface area contributed by atoms with Crippen molar-refractivity contribution in [3.8, 4) is 0 Å². The lowest BCUT2D eigenvalue weighted by atomic mass is 9.77. The van der Waals surface area contributed by atoms with Crippen molar-refractivity contribution in [3.05, 3.63) is 35.9 Å². The molecule has 0 spiro atoms. The number of carbonyl (C=O) groups is 1. The summed E-state index contributed by atoms with van der Waals surface area (Å²) in [4.78, 5) is 12.8. The fraction of sp³-hybridized carbons (Fsp3) is 0.720. The van der Waals surface area contributed by atoms with Gasteiger partial charge in [-0.05, 0) is 24.8 Å². The Morgan fingerprint density at radius 1 is 0.778 bits per heavy atom. The third-order valence-corrected chi connectivity index (χ3v) is 6.01. The minimum Gasteiger partial charge on any atom is -0.460 e. The number of hydrogen-bond donors (Lipinski definition) is 0. The van der Waals surface area contributed by atoms with E-state index in [0.717, 1.165) is 31.2 Å². The summed E-state index contributed by atoms with van der Waals surface area (Å²) in [6.07, 6.45) is 16.0. The van der Waals surface area contributed by atoms with E-state index >= 15 is 0 Å². The van der Waals surface area contributed by atoms with Crippen LogP contribution in [0.5, 0.6) is 0 Å². The summed E-state index contributed by atoms with van der Waals surface area (Å²) >= 11 is 0. The van der Waals surface area contributed by atoms with E-state index in [2.05, 4.69) is 20.8 Å². The molecule has 0 aliphatic heterocycles. The van der Waals surface area contributed by atoms with E-state index in [-0.39, 0.29) is 11.4 Å². The summed E-state index contributed by atoms with van der Waals surface area (Å²) in [7, 11) is 0. The molecule has 27 heavy (non-hydrogen) atoms. The SMILES string of the molecule is CCCCCCCCCCCCC(CC)(CC)C(=O)OCc1ccccc1. The Labute approximate surface area is 168 Å². The predicted octanol–water partition coefficient (Wildman–Crippen LogP) is 7.85. The van der Waals surface area contributed by atoms with Gasteiger partial charge in [0.05, 0.1) is 5.41 Å². The van der Waals surface area contributed by atoms with Crippen molar-refractivity contribution in [1.29, 1.82) is 0 Å². The highest BCUT2D eigenvalue weighted by Crippen LogP contribution is 2.35. The second-order valence-electron chi connectivity index (χ2n) is 7.98. The van der Waals surface area contributed by atoms with Crippen LogP contribution in [-0.4, -0.2) is 5.97 Å². The molecule has 0 aromatic heterocycles. The van der Waals surface area contributed by atoms with Crippen molar-refractivity contribution in [1.82, 2.24) is 0 Å². The number of unbranched alkanes of at least 4 members (excludes halogenated alkanes) is 9. The van der Waals surface area contributed by atoms with Crippen LogP contribution in [0, 0.1) is 5.41 Å². The minimum absolute atomic E-state index is 0.00715. The highest BCUT2D eigenvalue weighted by Gasteiger charge is 2.35. The highest BCUT2D eigenvalue weighted by atomic mass is 16.5. The van der Waals surface area contributed by atoms with Crippen LogP contribution in [0.15, 0.2) is 30.3 Å². The molecule has 0 bridgehead atoms. The van der Waals surface area contributed by atoms with E-state index in [1.54, 1.807) is 0 Å². The van der Waals surface area contributed by atoms with Gasteiger partial charge in [0.1, 0.15) is 6.61 Å². The number of rotatable bonds is 16. The third kappa shape index (κ3) is 9.44. The summed E-state index contributed by atoms with van der Waals surface area (Å²) in [5.41, 5.74) is 0.764. The molecule has 0 amide bonds. The molecule has 1 rings (SSSR count). The van der Waals surface area contributed by atoms with Crippen molar-refractivity contribution < 1.29 is 9.53 Å². The zero-order valence-corrected chi connectivity index (χ0v) is 18.1. The molecule has 2 nitrogen and oxygen atoms in total. The van der Waals surface area contributed by atoms with Crippen LogP contribution in [0.2, 0.25) is 0 Å². The second kappa shape index (κ2) is 14.7. The smallest absolute Gasteiger partial charge is 0.312 e. The molecule has 0 atom stereocenters. The van der Waals surface area contributed by atoms with Crippen molar-refractivity contribution in [2.24, 2.45) is 5.41 Å². The topological polar surface area (TPSA) is 26.3 Å². The molecule has 0 aliphatic rings. The van der Waals surface area contributed by atoms with Gasteiger partial charge in [-0.2, -0.15) is 0 Å². The second-order valence-corrected chi connectivity index (χ2v) is 7.98. The molecule has 154 valence electrons.